The first-order chi connectivity index (χ1) is 11.3. The highest BCUT2D eigenvalue weighted by Crippen LogP contribution is 2.31. The Morgan fingerprint density at radius 1 is 1.33 bits per heavy atom. The van der Waals surface area contributed by atoms with Crippen molar-refractivity contribution in [3.8, 4) is 11.4 Å². The standard InChI is InChI=1S/C15H14F3N5O/c1-23-8-10(5-13(23)24)20-12-6-11(15(16,17)18)21-14(22-12)9-3-2-4-19-7-9/h2-4,6-7,10H,5,8H2,1H3,(H,20,21,22)/t10-/m0/s1. The second kappa shape index (κ2) is 6.06. The van der Waals surface area contributed by atoms with Crippen LogP contribution in [0.3, 0.4) is 0 Å². The zero-order valence-corrected chi connectivity index (χ0v) is 12.7. The monoisotopic (exact) mass is 337 g/mol. The fourth-order valence-corrected chi connectivity index (χ4v) is 2.46. The van der Waals surface area contributed by atoms with Crippen molar-refractivity contribution in [2.45, 2.75) is 18.6 Å². The summed E-state index contributed by atoms with van der Waals surface area (Å²) in [4.78, 5) is 24.7. The Labute approximate surface area is 135 Å². The van der Waals surface area contributed by atoms with Crippen LogP contribution in [0, 0.1) is 0 Å². The molecular weight excluding hydrogens is 323 g/mol. The average Bonchev–Trinajstić information content (AvgIpc) is 2.85. The van der Waals surface area contributed by atoms with E-state index in [1.54, 1.807) is 19.2 Å². The molecule has 6 nitrogen and oxygen atoms in total. The second-order valence-corrected chi connectivity index (χ2v) is 5.52. The van der Waals surface area contributed by atoms with Crippen LogP contribution < -0.4 is 5.32 Å². The normalized spacial score (nSPS) is 18.1. The number of carbonyl (C=O) groups is 1. The molecular formula is C15H14F3N5O. The molecule has 2 aromatic heterocycles. The Balaban J connectivity index is 1.95. The molecule has 1 N–H and O–H groups in total. The van der Waals surface area contributed by atoms with Crippen LogP contribution in [0.2, 0.25) is 0 Å². The highest BCUT2D eigenvalue weighted by molar-refractivity contribution is 5.79. The molecule has 2 aromatic rings. The zero-order chi connectivity index (χ0) is 17.3. The number of hydrogen-bond acceptors (Lipinski definition) is 5. The Morgan fingerprint density at radius 3 is 2.71 bits per heavy atom. The van der Waals surface area contributed by atoms with Crippen molar-refractivity contribution in [2.24, 2.45) is 0 Å². The van der Waals surface area contributed by atoms with E-state index in [0.29, 0.717) is 12.1 Å². The Kier molecular flexibility index (Phi) is 4.08. The highest BCUT2D eigenvalue weighted by atomic mass is 19.4. The van der Waals surface area contributed by atoms with E-state index >= 15 is 0 Å². The molecule has 1 fully saturated rings. The summed E-state index contributed by atoms with van der Waals surface area (Å²) in [6.07, 6.45) is -1.48. The summed E-state index contributed by atoms with van der Waals surface area (Å²) in [5.41, 5.74) is -0.664. The Morgan fingerprint density at radius 2 is 2.12 bits per heavy atom. The van der Waals surface area contributed by atoms with E-state index in [-0.39, 0.29) is 30.0 Å². The minimum absolute atomic E-state index is 0.0317. The van der Waals surface area contributed by atoms with Crippen LogP contribution in [0.25, 0.3) is 11.4 Å². The zero-order valence-electron chi connectivity index (χ0n) is 12.7. The van der Waals surface area contributed by atoms with Crippen molar-refractivity contribution in [2.75, 3.05) is 18.9 Å². The number of likely N-dealkylation sites (tertiary alicyclic amines) is 1. The number of halogens is 3. The lowest BCUT2D eigenvalue weighted by Crippen LogP contribution is -2.25. The van der Waals surface area contributed by atoms with Crippen LogP contribution in [0.5, 0.6) is 0 Å². The first-order valence-electron chi connectivity index (χ1n) is 7.20. The SMILES string of the molecule is CN1C[C@@H](Nc2cc(C(F)(F)F)nc(-c3cccnc3)n2)CC1=O. The van der Waals surface area contributed by atoms with Crippen LogP contribution in [0.4, 0.5) is 19.0 Å². The predicted molar refractivity (Wildman–Crippen MR) is 79.9 cm³/mol. The van der Waals surface area contributed by atoms with Crippen molar-refractivity contribution in [3.05, 3.63) is 36.3 Å². The minimum atomic E-state index is -4.60. The van der Waals surface area contributed by atoms with Gasteiger partial charge >= 0.3 is 6.18 Å². The quantitative estimate of drug-likeness (QED) is 0.930. The lowest BCUT2D eigenvalue weighted by atomic mass is 10.2. The summed E-state index contributed by atoms with van der Waals surface area (Å²) in [5.74, 6) is -0.104. The van der Waals surface area contributed by atoms with Crippen LogP contribution in [0.1, 0.15) is 12.1 Å². The van der Waals surface area contributed by atoms with Crippen molar-refractivity contribution in [1.29, 1.82) is 0 Å². The number of likely N-dealkylation sites (N-methyl/N-ethyl adjacent to an activating group) is 1. The molecule has 3 heterocycles. The van der Waals surface area contributed by atoms with Crippen LogP contribution in [0.15, 0.2) is 30.6 Å². The third-order valence-corrected chi connectivity index (χ3v) is 3.63. The van der Waals surface area contributed by atoms with Crippen molar-refractivity contribution in [1.82, 2.24) is 19.9 Å². The molecule has 1 aliphatic rings. The number of rotatable bonds is 3. The minimum Gasteiger partial charge on any atom is -0.365 e. The number of carbonyl (C=O) groups excluding carboxylic acids is 1. The van der Waals surface area contributed by atoms with Crippen LogP contribution >= 0.6 is 0 Å². The summed E-state index contributed by atoms with van der Waals surface area (Å²) in [6.45, 7) is 0.409. The molecule has 0 radical (unpaired) electrons. The molecule has 1 aliphatic heterocycles. The van der Waals surface area contributed by atoms with E-state index < -0.39 is 11.9 Å². The number of anilines is 1. The fourth-order valence-electron chi connectivity index (χ4n) is 2.46. The van der Waals surface area contributed by atoms with E-state index in [0.717, 1.165) is 6.07 Å². The van der Waals surface area contributed by atoms with Gasteiger partial charge in [-0.15, -0.1) is 0 Å². The predicted octanol–water partition coefficient (Wildman–Crippen LogP) is 2.20. The van der Waals surface area contributed by atoms with E-state index in [9.17, 15) is 18.0 Å². The maximum absolute atomic E-state index is 13.1. The van der Waals surface area contributed by atoms with Gasteiger partial charge in [-0.05, 0) is 12.1 Å². The lowest BCUT2D eigenvalue weighted by Gasteiger charge is -2.15. The molecule has 0 aliphatic carbocycles. The third-order valence-electron chi connectivity index (χ3n) is 3.63. The van der Waals surface area contributed by atoms with Gasteiger partial charge in [0.15, 0.2) is 11.5 Å². The summed E-state index contributed by atoms with van der Waals surface area (Å²) in [6, 6.07) is 3.73. The Bertz CT molecular complexity index is 751. The van der Waals surface area contributed by atoms with Gasteiger partial charge in [0, 0.05) is 44.0 Å². The molecule has 0 unspecified atom stereocenters. The van der Waals surface area contributed by atoms with E-state index in [4.69, 9.17) is 0 Å². The number of nitrogens with zero attached hydrogens (tertiary/aromatic N) is 4. The molecule has 126 valence electrons. The van der Waals surface area contributed by atoms with Gasteiger partial charge in [-0.1, -0.05) is 0 Å². The van der Waals surface area contributed by atoms with Gasteiger partial charge in [-0.2, -0.15) is 13.2 Å². The number of alkyl halides is 3. The van der Waals surface area contributed by atoms with Gasteiger partial charge in [-0.3, -0.25) is 9.78 Å². The lowest BCUT2D eigenvalue weighted by molar-refractivity contribution is -0.141. The van der Waals surface area contributed by atoms with E-state index in [1.807, 2.05) is 0 Å². The molecule has 0 bridgehead atoms. The number of hydrogen-bond donors (Lipinski definition) is 1. The summed E-state index contributed by atoms with van der Waals surface area (Å²) >= 11 is 0. The largest absolute Gasteiger partial charge is 0.433 e. The smallest absolute Gasteiger partial charge is 0.365 e. The van der Waals surface area contributed by atoms with Crippen molar-refractivity contribution < 1.29 is 18.0 Å². The van der Waals surface area contributed by atoms with Gasteiger partial charge < -0.3 is 10.2 Å². The molecule has 1 atom stereocenters. The van der Waals surface area contributed by atoms with Gasteiger partial charge in [0.1, 0.15) is 5.82 Å². The average molecular weight is 337 g/mol. The van der Waals surface area contributed by atoms with Gasteiger partial charge in [0.2, 0.25) is 5.91 Å². The van der Waals surface area contributed by atoms with Gasteiger partial charge in [-0.25, -0.2) is 9.97 Å². The molecule has 24 heavy (non-hydrogen) atoms. The fraction of sp³-hybridized carbons (Fsp3) is 0.333. The maximum Gasteiger partial charge on any atom is 0.433 e. The molecule has 1 amide bonds. The van der Waals surface area contributed by atoms with Gasteiger partial charge in [0.05, 0.1) is 6.04 Å². The number of amides is 1. The number of aromatic nitrogens is 3. The summed E-state index contributed by atoms with van der Waals surface area (Å²) < 4.78 is 39.3. The van der Waals surface area contributed by atoms with Crippen LogP contribution in [-0.2, 0) is 11.0 Å². The van der Waals surface area contributed by atoms with Crippen molar-refractivity contribution >= 4 is 11.7 Å². The maximum atomic E-state index is 13.1. The first-order valence-corrected chi connectivity index (χ1v) is 7.20. The molecule has 1 saturated heterocycles. The summed E-state index contributed by atoms with van der Waals surface area (Å²) in [5, 5.41) is 2.89. The molecule has 3 rings (SSSR count). The highest BCUT2D eigenvalue weighted by Gasteiger charge is 2.34. The molecule has 0 saturated carbocycles. The number of nitrogens with one attached hydrogen (secondary N) is 1. The van der Waals surface area contributed by atoms with E-state index in [1.165, 1.54) is 17.3 Å². The second-order valence-electron chi connectivity index (χ2n) is 5.52. The molecule has 9 heteroatoms. The first kappa shape index (κ1) is 16.2. The van der Waals surface area contributed by atoms with Crippen LogP contribution in [-0.4, -0.2) is 45.4 Å². The summed E-state index contributed by atoms with van der Waals surface area (Å²) in [7, 11) is 1.65. The van der Waals surface area contributed by atoms with Gasteiger partial charge in [0.25, 0.3) is 0 Å². The Hall–Kier alpha value is -2.71. The van der Waals surface area contributed by atoms with Crippen molar-refractivity contribution in [3.63, 3.8) is 0 Å². The third kappa shape index (κ3) is 3.44. The number of pyridine rings is 1. The topological polar surface area (TPSA) is 71.0 Å². The molecule has 0 spiro atoms. The molecule has 0 aromatic carbocycles. The van der Waals surface area contributed by atoms with E-state index in [2.05, 4.69) is 20.3 Å².